The van der Waals surface area contributed by atoms with Gasteiger partial charge in [0.05, 0.1) is 11.8 Å². The summed E-state index contributed by atoms with van der Waals surface area (Å²) >= 11 is 0. The lowest BCUT2D eigenvalue weighted by Crippen LogP contribution is -2.35. The van der Waals surface area contributed by atoms with E-state index in [-0.39, 0.29) is 5.82 Å². The Hall–Kier alpha value is -1.72. The van der Waals surface area contributed by atoms with Gasteiger partial charge < -0.3 is 10.4 Å². The van der Waals surface area contributed by atoms with Gasteiger partial charge in [-0.1, -0.05) is 12.1 Å². The Morgan fingerprint density at radius 2 is 2.05 bits per heavy atom. The van der Waals surface area contributed by atoms with Crippen LogP contribution in [0.2, 0.25) is 0 Å². The van der Waals surface area contributed by atoms with Crippen molar-refractivity contribution in [2.24, 2.45) is 0 Å². The Kier molecular flexibility index (Phi) is 4.52. The molecule has 0 saturated heterocycles. The fourth-order valence-electron chi connectivity index (χ4n) is 2.03. The number of rotatable bonds is 6. The maximum Gasteiger partial charge on any atom is 0.123 e. The lowest BCUT2D eigenvalue weighted by Gasteiger charge is -2.24. The summed E-state index contributed by atoms with van der Waals surface area (Å²) in [7, 11) is 0. The molecule has 0 aliphatic heterocycles. The summed E-state index contributed by atoms with van der Waals surface area (Å²) in [5, 5.41) is 17.8. The van der Waals surface area contributed by atoms with Crippen molar-refractivity contribution in [1.82, 2.24) is 15.1 Å². The molecule has 0 spiro atoms. The van der Waals surface area contributed by atoms with Crippen LogP contribution in [0.25, 0.3) is 0 Å². The summed E-state index contributed by atoms with van der Waals surface area (Å²) in [5.41, 5.74) is 0.728. The average molecular weight is 277 g/mol. The van der Waals surface area contributed by atoms with Crippen molar-refractivity contribution in [3.8, 4) is 0 Å². The maximum atomic E-state index is 12.9. The van der Waals surface area contributed by atoms with Crippen LogP contribution in [0.15, 0.2) is 36.7 Å². The predicted molar refractivity (Wildman–Crippen MR) is 75.6 cm³/mol. The van der Waals surface area contributed by atoms with Crippen molar-refractivity contribution in [3.05, 3.63) is 53.6 Å². The third-order valence-electron chi connectivity index (χ3n) is 3.28. The number of nitrogens with zero attached hydrogens (tertiary/aromatic N) is 2. The molecule has 4 nitrogen and oxygen atoms in total. The second-order valence-electron chi connectivity index (χ2n) is 5.09. The van der Waals surface area contributed by atoms with E-state index in [1.807, 2.05) is 24.0 Å². The lowest BCUT2D eigenvalue weighted by molar-refractivity contribution is 0.0566. The largest absolute Gasteiger partial charge is 0.384 e. The van der Waals surface area contributed by atoms with Gasteiger partial charge in [-0.25, -0.2) is 4.39 Å². The minimum absolute atomic E-state index is 0.301. The molecular weight excluding hydrogens is 257 g/mol. The monoisotopic (exact) mass is 277 g/mol. The molecule has 0 saturated carbocycles. The number of hydrogen-bond donors (Lipinski definition) is 2. The molecule has 2 N–H and O–H groups in total. The first kappa shape index (κ1) is 14.7. The summed E-state index contributed by atoms with van der Waals surface area (Å²) in [6.45, 7) is 5.60. The van der Waals surface area contributed by atoms with Gasteiger partial charge in [-0.15, -0.1) is 0 Å². The van der Waals surface area contributed by atoms with Crippen LogP contribution in [0.3, 0.4) is 0 Å². The highest BCUT2D eigenvalue weighted by Crippen LogP contribution is 2.20. The van der Waals surface area contributed by atoms with Crippen molar-refractivity contribution in [3.63, 3.8) is 0 Å². The third kappa shape index (κ3) is 3.65. The van der Waals surface area contributed by atoms with Crippen LogP contribution in [0.1, 0.15) is 25.0 Å². The average Bonchev–Trinajstić information content (AvgIpc) is 2.87. The van der Waals surface area contributed by atoms with Crippen LogP contribution in [-0.4, -0.2) is 21.4 Å². The second-order valence-corrected chi connectivity index (χ2v) is 5.09. The molecule has 1 unspecified atom stereocenters. The number of aliphatic hydroxyl groups is 1. The van der Waals surface area contributed by atoms with Gasteiger partial charge in [-0.3, -0.25) is 4.68 Å². The molecule has 0 radical (unpaired) electrons. The molecule has 1 atom stereocenters. The molecule has 0 fully saturated rings. The number of benzene rings is 1. The third-order valence-corrected chi connectivity index (χ3v) is 3.28. The maximum absolute atomic E-state index is 12.9. The van der Waals surface area contributed by atoms with E-state index in [1.165, 1.54) is 12.1 Å². The van der Waals surface area contributed by atoms with Crippen LogP contribution in [0.4, 0.5) is 4.39 Å². The van der Waals surface area contributed by atoms with Crippen molar-refractivity contribution >= 4 is 0 Å². The Labute approximate surface area is 118 Å². The normalized spacial score (nSPS) is 14.2. The highest BCUT2D eigenvalue weighted by molar-refractivity contribution is 5.22. The summed E-state index contributed by atoms with van der Waals surface area (Å²) in [6.07, 6.45) is 3.78. The minimum atomic E-state index is -1.03. The van der Waals surface area contributed by atoms with Gasteiger partial charge in [-0.05, 0) is 31.5 Å². The number of halogens is 1. The Balaban J connectivity index is 1.90. The Bertz CT molecular complexity index is 549. The number of nitrogens with one attached hydrogen (secondary N) is 1. The molecule has 1 aromatic carbocycles. The smallest absolute Gasteiger partial charge is 0.123 e. The van der Waals surface area contributed by atoms with Crippen LogP contribution in [0.5, 0.6) is 0 Å². The summed E-state index contributed by atoms with van der Waals surface area (Å²) in [6, 6.07) is 5.92. The first-order valence-electron chi connectivity index (χ1n) is 6.72. The van der Waals surface area contributed by atoms with Gasteiger partial charge in [0.15, 0.2) is 0 Å². The molecule has 108 valence electrons. The van der Waals surface area contributed by atoms with Crippen molar-refractivity contribution < 1.29 is 9.50 Å². The van der Waals surface area contributed by atoms with Crippen LogP contribution >= 0.6 is 0 Å². The van der Waals surface area contributed by atoms with Gasteiger partial charge in [-0.2, -0.15) is 5.10 Å². The van der Waals surface area contributed by atoms with Crippen LogP contribution in [-0.2, 0) is 18.7 Å². The fraction of sp³-hybridized carbons (Fsp3) is 0.400. The van der Waals surface area contributed by atoms with Crippen molar-refractivity contribution in [2.75, 3.05) is 6.54 Å². The van der Waals surface area contributed by atoms with Gasteiger partial charge >= 0.3 is 0 Å². The molecule has 5 heteroatoms. The molecule has 0 aliphatic carbocycles. The fourth-order valence-corrected chi connectivity index (χ4v) is 2.03. The standard InChI is InChI=1S/C15H20FN3O/c1-3-19-10-12(9-18-19)8-17-11-15(2,20)13-4-6-14(16)7-5-13/h4-7,9-10,17,20H,3,8,11H2,1-2H3. The zero-order valence-corrected chi connectivity index (χ0v) is 11.8. The molecule has 0 bridgehead atoms. The molecular formula is C15H20FN3O. The van der Waals surface area contributed by atoms with Crippen molar-refractivity contribution in [2.45, 2.75) is 32.5 Å². The molecule has 2 aromatic rings. The van der Waals surface area contributed by atoms with E-state index in [0.29, 0.717) is 18.7 Å². The lowest BCUT2D eigenvalue weighted by atomic mass is 9.96. The van der Waals surface area contributed by atoms with Crippen LogP contribution in [0, 0.1) is 5.82 Å². The van der Waals surface area contributed by atoms with E-state index in [4.69, 9.17) is 0 Å². The Morgan fingerprint density at radius 3 is 2.65 bits per heavy atom. The SMILES string of the molecule is CCn1cc(CNCC(C)(O)c2ccc(F)cc2)cn1. The quantitative estimate of drug-likeness (QED) is 0.849. The van der Waals surface area contributed by atoms with Gasteiger partial charge in [0.25, 0.3) is 0 Å². The van der Waals surface area contributed by atoms with E-state index in [0.717, 1.165) is 12.1 Å². The molecule has 0 aliphatic rings. The summed E-state index contributed by atoms with van der Waals surface area (Å²) in [4.78, 5) is 0. The topological polar surface area (TPSA) is 50.1 Å². The molecule has 0 amide bonds. The number of aromatic nitrogens is 2. The van der Waals surface area contributed by atoms with E-state index in [2.05, 4.69) is 10.4 Å². The first-order valence-corrected chi connectivity index (χ1v) is 6.72. The zero-order chi connectivity index (χ0) is 14.6. The van der Waals surface area contributed by atoms with Crippen molar-refractivity contribution in [1.29, 1.82) is 0 Å². The Morgan fingerprint density at radius 1 is 1.35 bits per heavy atom. The van der Waals surface area contributed by atoms with E-state index in [9.17, 15) is 9.50 Å². The van der Waals surface area contributed by atoms with Gasteiger partial charge in [0.2, 0.25) is 0 Å². The minimum Gasteiger partial charge on any atom is -0.384 e. The first-order chi connectivity index (χ1) is 9.51. The molecule has 2 rings (SSSR count). The second kappa shape index (κ2) is 6.15. The number of aryl methyl sites for hydroxylation is 1. The molecule has 20 heavy (non-hydrogen) atoms. The molecule has 1 aromatic heterocycles. The van der Waals surface area contributed by atoms with Gasteiger partial charge in [0.1, 0.15) is 5.82 Å². The van der Waals surface area contributed by atoms with Crippen LogP contribution < -0.4 is 5.32 Å². The predicted octanol–water partition coefficient (Wildman–Crippen LogP) is 2.04. The highest BCUT2D eigenvalue weighted by atomic mass is 19.1. The summed E-state index contributed by atoms with van der Waals surface area (Å²) in [5.74, 6) is -0.301. The highest BCUT2D eigenvalue weighted by Gasteiger charge is 2.22. The van der Waals surface area contributed by atoms with E-state index < -0.39 is 5.60 Å². The summed E-state index contributed by atoms with van der Waals surface area (Å²) < 4.78 is 14.7. The molecule has 1 heterocycles. The zero-order valence-electron chi connectivity index (χ0n) is 11.8. The van der Waals surface area contributed by atoms with E-state index in [1.54, 1.807) is 19.1 Å². The van der Waals surface area contributed by atoms with Gasteiger partial charge in [0, 0.05) is 31.4 Å². The number of hydrogen-bond acceptors (Lipinski definition) is 3. The van der Waals surface area contributed by atoms with E-state index >= 15 is 0 Å².